The van der Waals surface area contributed by atoms with Crippen molar-refractivity contribution in [1.29, 1.82) is 0 Å². The highest BCUT2D eigenvalue weighted by atomic mass is 19.4. The number of carbonyl (C=O) groups excluding carboxylic acids is 2. The van der Waals surface area contributed by atoms with Gasteiger partial charge in [0.25, 0.3) is 5.91 Å². The van der Waals surface area contributed by atoms with Crippen molar-refractivity contribution in [2.45, 2.75) is 25.7 Å². The molecular formula is C15H16F6N2O3. The maximum atomic E-state index is 12.1. The molecule has 0 unspecified atom stereocenters. The molecule has 0 aliphatic rings. The number of benzene rings is 1. The van der Waals surface area contributed by atoms with Crippen LogP contribution in [-0.4, -0.2) is 43.9 Å². The van der Waals surface area contributed by atoms with Crippen molar-refractivity contribution in [3.63, 3.8) is 0 Å². The van der Waals surface area contributed by atoms with Gasteiger partial charge in [-0.05, 0) is 24.6 Å². The van der Waals surface area contributed by atoms with Gasteiger partial charge in [0.1, 0.15) is 13.2 Å². The number of anilines is 1. The Labute approximate surface area is 144 Å². The zero-order chi connectivity index (χ0) is 20.0. The second-order valence-corrected chi connectivity index (χ2v) is 5.29. The predicted octanol–water partition coefficient (Wildman–Crippen LogP) is 3.19. The van der Waals surface area contributed by atoms with E-state index in [0.29, 0.717) is 5.56 Å². The smallest absolute Gasteiger partial charge is 0.372 e. The zero-order valence-electron chi connectivity index (χ0n) is 13.6. The summed E-state index contributed by atoms with van der Waals surface area (Å²) < 4.78 is 76.4. The summed E-state index contributed by atoms with van der Waals surface area (Å²) in [5.41, 5.74) is 0.566. The third-order valence-electron chi connectivity index (χ3n) is 2.96. The second-order valence-electron chi connectivity index (χ2n) is 5.29. The molecule has 1 aromatic carbocycles. The lowest BCUT2D eigenvalue weighted by molar-refractivity contribution is -0.174. The molecule has 0 radical (unpaired) electrons. The quantitative estimate of drug-likeness (QED) is 0.559. The van der Waals surface area contributed by atoms with Crippen LogP contribution in [0.15, 0.2) is 18.2 Å². The number of hydrogen-bond acceptors (Lipinski definition) is 3. The number of aryl methyl sites for hydroxylation is 1. The molecule has 0 aromatic heterocycles. The van der Waals surface area contributed by atoms with Crippen LogP contribution in [0.3, 0.4) is 0 Å². The Morgan fingerprint density at radius 3 is 2.31 bits per heavy atom. The molecule has 0 atom stereocenters. The van der Waals surface area contributed by atoms with Gasteiger partial charge in [-0.2, -0.15) is 26.3 Å². The van der Waals surface area contributed by atoms with E-state index < -0.39 is 43.9 Å². The molecule has 26 heavy (non-hydrogen) atoms. The SMILES string of the molecule is Cc1ccc(C(=O)NCC(F)(F)F)cc1NC(=O)CCOCC(F)(F)F. The Morgan fingerprint density at radius 1 is 1.08 bits per heavy atom. The van der Waals surface area contributed by atoms with Crippen molar-refractivity contribution in [2.24, 2.45) is 0 Å². The van der Waals surface area contributed by atoms with Gasteiger partial charge in [0.15, 0.2) is 0 Å². The molecule has 5 nitrogen and oxygen atoms in total. The molecule has 0 aliphatic heterocycles. The molecule has 0 fully saturated rings. The van der Waals surface area contributed by atoms with Crippen LogP contribution in [0.4, 0.5) is 32.0 Å². The molecule has 1 aromatic rings. The Morgan fingerprint density at radius 2 is 1.73 bits per heavy atom. The number of carbonyl (C=O) groups is 2. The topological polar surface area (TPSA) is 67.4 Å². The minimum Gasteiger partial charge on any atom is -0.372 e. The molecule has 0 bridgehead atoms. The summed E-state index contributed by atoms with van der Waals surface area (Å²) in [7, 11) is 0. The van der Waals surface area contributed by atoms with Gasteiger partial charge >= 0.3 is 12.4 Å². The van der Waals surface area contributed by atoms with Crippen LogP contribution >= 0.6 is 0 Å². The molecule has 2 amide bonds. The summed E-state index contributed by atoms with van der Waals surface area (Å²) in [6.07, 6.45) is -9.42. The average molecular weight is 386 g/mol. The van der Waals surface area contributed by atoms with E-state index in [1.165, 1.54) is 18.2 Å². The summed E-state index contributed by atoms with van der Waals surface area (Å²) in [4.78, 5) is 23.4. The number of halogens is 6. The monoisotopic (exact) mass is 386 g/mol. The van der Waals surface area contributed by atoms with Crippen LogP contribution in [-0.2, 0) is 9.53 Å². The van der Waals surface area contributed by atoms with E-state index in [9.17, 15) is 35.9 Å². The Balaban J connectivity index is 2.61. The van der Waals surface area contributed by atoms with Crippen molar-refractivity contribution in [3.05, 3.63) is 29.3 Å². The van der Waals surface area contributed by atoms with E-state index in [2.05, 4.69) is 10.1 Å². The van der Waals surface area contributed by atoms with Gasteiger partial charge < -0.3 is 15.4 Å². The van der Waals surface area contributed by atoms with Crippen molar-refractivity contribution in [2.75, 3.05) is 25.1 Å². The van der Waals surface area contributed by atoms with Crippen LogP contribution in [0.25, 0.3) is 0 Å². The van der Waals surface area contributed by atoms with Gasteiger partial charge in [-0.25, -0.2) is 0 Å². The molecule has 0 saturated heterocycles. The minimum absolute atomic E-state index is 0.108. The summed E-state index contributed by atoms with van der Waals surface area (Å²) in [5.74, 6) is -1.64. The molecule has 0 spiro atoms. The van der Waals surface area contributed by atoms with E-state index in [1.54, 1.807) is 12.2 Å². The number of amides is 2. The molecule has 146 valence electrons. The number of rotatable bonds is 7. The van der Waals surface area contributed by atoms with Gasteiger partial charge in [-0.1, -0.05) is 6.07 Å². The van der Waals surface area contributed by atoms with Crippen LogP contribution < -0.4 is 10.6 Å². The minimum atomic E-state index is -4.56. The average Bonchev–Trinajstić information content (AvgIpc) is 2.50. The maximum Gasteiger partial charge on any atom is 0.411 e. The molecule has 11 heteroatoms. The van der Waals surface area contributed by atoms with Crippen molar-refractivity contribution < 1.29 is 40.7 Å². The van der Waals surface area contributed by atoms with E-state index in [4.69, 9.17) is 0 Å². The number of ether oxygens (including phenoxy) is 1. The van der Waals surface area contributed by atoms with E-state index in [-0.39, 0.29) is 17.7 Å². The normalized spacial score (nSPS) is 12.0. The molecule has 2 N–H and O–H groups in total. The highest BCUT2D eigenvalue weighted by molar-refractivity contribution is 5.97. The fourth-order valence-corrected chi connectivity index (χ4v) is 1.75. The largest absolute Gasteiger partial charge is 0.411 e. The first-order valence-corrected chi connectivity index (χ1v) is 7.27. The predicted molar refractivity (Wildman–Crippen MR) is 79.7 cm³/mol. The Kier molecular flexibility index (Phi) is 7.42. The van der Waals surface area contributed by atoms with Crippen LogP contribution in [0.1, 0.15) is 22.3 Å². The summed E-state index contributed by atoms with van der Waals surface area (Å²) in [5, 5.41) is 4.06. The molecular weight excluding hydrogens is 370 g/mol. The summed E-state index contributed by atoms with van der Waals surface area (Å²) in [6.45, 7) is -1.87. The third-order valence-corrected chi connectivity index (χ3v) is 2.96. The highest BCUT2D eigenvalue weighted by Gasteiger charge is 2.28. The molecule has 1 rings (SSSR count). The second kappa shape index (κ2) is 8.88. The first kappa shape index (κ1) is 21.7. The van der Waals surface area contributed by atoms with Gasteiger partial charge in [-0.15, -0.1) is 0 Å². The summed E-state index contributed by atoms with van der Waals surface area (Å²) >= 11 is 0. The van der Waals surface area contributed by atoms with Crippen molar-refractivity contribution in [1.82, 2.24) is 5.32 Å². The number of nitrogens with one attached hydrogen (secondary N) is 2. The molecule has 0 heterocycles. The standard InChI is InChI=1S/C15H16F6N2O3/c1-9-2-3-10(13(25)22-7-14(16,17)18)6-11(9)23-12(24)4-5-26-8-15(19,20)21/h2-3,6H,4-5,7-8H2,1H3,(H,22,25)(H,23,24). The fourth-order valence-electron chi connectivity index (χ4n) is 1.75. The molecule has 0 saturated carbocycles. The lowest BCUT2D eigenvalue weighted by Crippen LogP contribution is -2.33. The highest BCUT2D eigenvalue weighted by Crippen LogP contribution is 2.19. The van der Waals surface area contributed by atoms with Gasteiger partial charge in [-0.3, -0.25) is 9.59 Å². The zero-order valence-corrected chi connectivity index (χ0v) is 13.6. The van der Waals surface area contributed by atoms with Crippen LogP contribution in [0.5, 0.6) is 0 Å². The van der Waals surface area contributed by atoms with Crippen molar-refractivity contribution in [3.8, 4) is 0 Å². The fraction of sp³-hybridized carbons (Fsp3) is 0.467. The lowest BCUT2D eigenvalue weighted by atomic mass is 10.1. The molecule has 0 aliphatic carbocycles. The maximum absolute atomic E-state index is 12.1. The van der Waals surface area contributed by atoms with Crippen LogP contribution in [0, 0.1) is 6.92 Å². The first-order chi connectivity index (χ1) is 11.9. The number of hydrogen-bond donors (Lipinski definition) is 2. The number of alkyl halides is 6. The van der Waals surface area contributed by atoms with E-state index >= 15 is 0 Å². The van der Waals surface area contributed by atoms with E-state index in [1.807, 2.05) is 0 Å². The van der Waals surface area contributed by atoms with Gasteiger partial charge in [0.2, 0.25) is 5.91 Å². The lowest BCUT2D eigenvalue weighted by Gasteiger charge is -2.12. The van der Waals surface area contributed by atoms with Gasteiger partial charge in [0.05, 0.1) is 13.0 Å². The Bertz CT molecular complexity index is 643. The Hall–Kier alpha value is -2.30. The van der Waals surface area contributed by atoms with E-state index in [0.717, 1.165) is 0 Å². The van der Waals surface area contributed by atoms with Gasteiger partial charge in [0, 0.05) is 11.3 Å². The third kappa shape index (κ3) is 8.70. The summed E-state index contributed by atoms with van der Waals surface area (Å²) in [6, 6.07) is 3.87. The van der Waals surface area contributed by atoms with Crippen molar-refractivity contribution >= 4 is 17.5 Å². The van der Waals surface area contributed by atoms with Crippen LogP contribution in [0.2, 0.25) is 0 Å². The first-order valence-electron chi connectivity index (χ1n) is 7.27.